The highest BCUT2D eigenvalue weighted by Gasteiger charge is 2.28. The number of halogens is 1. The summed E-state index contributed by atoms with van der Waals surface area (Å²) in [7, 11) is 1.84. The van der Waals surface area contributed by atoms with E-state index >= 15 is 0 Å². The first-order chi connectivity index (χ1) is 12.0. The smallest absolute Gasteiger partial charge is 0.261 e. The Labute approximate surface area is 146 Å². The standard InChI is InChI=1S/C18H23FN4O2/c1-12-18(13(2)22(3)21-12)25-11-17(24)23-8-7-20-10-16(23)14-5-4-6-15(19)9-14/h4-6,9,16,20H,7-8,10-11H2,1-3H3. The van der Waals surface area contributed by atoms with Crippen LogP contribution in [0.1, 0.15) is 23.0 Å². The van der Waals surface area contributed by atoms with E-state index in [1.54, 1.807) is 15.6 Å². The molecule has 1 fully saturated rings. The zero-order valence-electron chi connectivity index (χ0n) is 14.8. The fraction of sp³-hybridized carbons (Fsp3) is 0.444. The van der Waals surface area contributed by atoms with E-state index < -0.39 is 0 Å². The van der Waals surface area contributed by atoms with Crippen LogP contribution in [0.2, 0.25) is 0 Å². The molecular formula is C18H23FN4O2. The number of aromatic nitrogens is 2. The molecule has 2 heterocycles. The van der Waals surface area contributed by atoms with Crippen molar-refractivity contribution in [3.05, 3.63) is 47.0 Å². The summed E-state index contributed by atoms with van der Waals surface area (Å²) >= 11 is 0. The molecule has 7 heteroatoms. The number of hydrogen-bond donors (Lipinski definition) is 1. The molecule has 134 valence electrons. The van der Waals surface area contributed by atoms with Gasteiger partial charge in [-0.25, -0.2) is 4.39 Å². The molecule has 0 bridgehead atoms. The van der Waals surface area contributed by atoms with Gasteiger partial charge in [0.15, 0.2) is 12.4 Å². The molecule has 0 radical (unpaired) electrons. The van der Waals surface area contributed by atoms with E-state index in [9.17, 15) is 9.18 Å². The number of carbonyl (C=O) groups excluding carboxylic acids is 1. The summed E-state index contributed by atoms with van der Waals surface area (Å²) in [5, 5.41) is 7.55. The maximum atomic E-state index is 13.6. The number of rotatable bonds is 4. The van der Waals surface area contributed by atoms with E-state index in [4.69, 9.17) is 4.74 Å². The van der Waals surface area contributed by atoms with Crippen molar-refractivity contribution < 1.29 is 13.9 Å². The second-order valence-corrected chi connectivity index (χ2v) is 6.27. The Bertz CT molecular complexity index is 774. The molecule has 25 heavy (non-hydrogen) atoms. The molecule has 6 nitrogen and oxygen atoms in total. The number of amides is 1. The molecule has 1 saturated heterocycles. The summed E-state index contributed by atoms with van der Waals surface area (Å²) in [6.07, 6.45) is 0. The number of hydrogen-bond acceptors (Lipinski definition) is 4. The van der Waals surface area contributed by atoms with Crippen molar-refractivity contribution in [3.63, 3.8) is 0 Å². The molecule has 1 aliphatic heterocycles. The van der Waals surface area contributed by atoms with Crippen LogP contribution in [0.15, 0.2) is 24.3 Å². The van der Waals surface area contributed by atoms with Crippen molar-refractivity contribution in [1.29, 1.82) is 0 Å². The third-order valence-electron chi connectivity index (χ3n) is 4.58. The van der Waals surface area contributed by atoms with Crippen molar-refractivity contribution >= 4 is 5.91 Å². The second-order valence-electron chi connectivity index (χ2n) is 6.27. The molecule has 0 spiro atoms. The molecule has 1 aromatic carbocycles. The van der Waals surface area contributed by atoms with Gasteiger partial charge in [0.25, 0.3) is 5.91 Å². The average molecular weight is 346 g/mol. The predicted octanol–water partition coefficient (Wildman–Crippen LogP) is 1.73. The lowest BCUT2D eigenvalue weighted by Crippen LogP contribution is -2.50. The lowest BCUT2D eigenvalue weighted by Gasteiger charge is -2.36. The molecule has 2 aromatic rings. The maximum Gasteiger partial charge on any atom is 0.261 e. The van der Waals surface area contributed by atoms with Crippen LogP contribution in [0.4, 0.5) is 4.39 Å². The highest BCUT2D eigenvalue weighted by Crippen LogP contribution is 2.25. The van der Waals surface area contributed by atoms with Gasteiger partial charge in [0.05, 0.1) is 11.7 Å². The maximum absolute atomic E-state index is 13.6. The van der Waals surface area contributed by atoms with Crippen molar-refractivity contribution in [2.75, 3.05) is 26.2 Å². The van der Waals surface area contributed by atoms with Crippen LogP contribution in [0.5, 0.6) is 5.75 Å². The molecule has 0 saturated carbocycles. The van der Waals surface area contributed by atoms with Gasteiger partial charge in [0.1, 0.15) is 11.5 Å². The topological polar surface area (TPSA) is 59.4 Å². The van der Waals surface area contributed by atoms with Gasteiger partial charge in [-0.3, -0.25) is 9.48 Å². The third kappa shape index (κ3) is 3.66. The number of aryl methyl sites for hydroxylation is 2. The lowest BCUT2D eigenvalue weighted by molar-refractivity contribution is -0.136. The molecule has 1 N–H and O–H groups in total. The van der Waals surface area contributed by atoms with Gasteiger partial charge in [0, 0.05) is 26.7 Å². The van der Waals surface area contributed by atoms with Gasteiger partial charge in [-0.2, -0.15) is 5.10 Å². The number of piperazine rings is 1. The first-order valence-electron chi connectivity index (χ1n) is 8.36. The SMILES string of the molecule is Cc1nn(C)c(C)c1OCC(=O)N1CCNCC1c1cccc(F)c1. The van der Waals surface area contributed by atoms with Gasteiger partial charge in [-0.05, 0) is 31.5 Å². The largest absolute Gasteiger partial charge is 0.480 e. The average Bonchev–Trinajstić information content (AvgIpc) is 2.85. The van der Waals surface area contributed by atoms with Crippen LogP contribution in [0.3, 0.4) is 0 Å². The van der Waals surface area contributed by atoms with E-state index in [1.807, 2.05) is 27.0 Å². The normalized spacial score (nSPS) is 17.6. The molecule has 1 aromatic heterocycles. The number of nitrogens with zero attached hydrogens (tertiary/aromatic N) is 3. The lowest BCUT2D eigenvalue weighted by atomic mass is 10.0. The summed E-state index contributed by atoms with van der Waals surface area (Å²) in [6.45, 7) is 5.57. The Balaban J connectivity index is 1.73. The third-order valence-corrected chi connectivity index (χ3v) is 4.58. The number of carbonyl (C=O) groups is 1. The minimum Gasteiger partial charge on any atom is -0.480 e. The highest BCUT2D eigenvalue weighted by molar-refractivity contribution is 5.78. The van der Waals surface area contributed by atoms with Crippen LogP contribution in [-0.4, -0.2) is 46.8 Å². The molecule has 1 atom stereocenters. The summed E-state index contributed by atoms with van der Waals surface area (Å²) in [6, 6.07) is 6.20. The Morgan fingerprint density at radius 1 is 1.44 bits per heavy atom. The quantitative estimate of drug-likeness (QED) is 0.916. The van der Waals surface area contributed by atoms with E-state index in [1.165, 1.54) is 12.1 Å². The molecular weight excluding hydrogens is 323 g/mol. The number of nitrogens with one attached hydrogen (secondary N) is 1. The molecule has 3 rings (SSSR count). The van der Waals surface area contributed by atoms with Gasteiger partial charge < -0.3 is 15.0 Å². The summed E-state index contributed by atoms with van der Waals surface area (Å²) in [4.78, 5) is 14.5. The van der Waals surface area contributed by atoms with Gasteiger partial charge in [-0.1, -0.05) is 12.1 Å². The fourth-order valence-corrected chi connectivity index (χ4v) is 3.19. The van der Waals surface area contributed by atoms with Crippen LogP contribution < -0.4 is 10.1 Å². The second kappa shape index (κ2) is 7.23. The molecule has 1 unspecified atom stereocenters. The van der Waals surface area contributed by atoms with Crippen molar-refractivity contribution in [1.82, 2.24) is 20.0 Å². The first-order valence-corrected chi connectivity index (χ1v) is 8.36. The Hall–Kier alpha value is -2.41. The van der Waals surface area contributed by atoms with Crippen LogP contribution in [0.25, 0.3) is 0 Å². The zero-order chi connectivity index (χ0) is 18.0. The molecule has 1 amide bonds. The number of ether oxygens (including phenoxy) is 1. The predicted molar refractivity (Wildman–Crippen MR) is 91.9 cm³/mol. The van der Waals surface area contributed by atoms with Crippen LogP contribution >= 0.6 is 0 Å². The minimum absolute atomic E-state index is 0.0564. The highest BCUT2D eigenvalue weighted by atomic mass is 19.1. The zero-order valence-corrected chi connectivity index (χ0v) is 14.8. The monoisotopic (exact) mass is 346 g/mol. The van der Waals surface area contributed by atoms with Crippen LogP contribution in [0, 0.1) is 19.7 Å². The summed E-state index contributed by atoms with van der Waals surface area (Å²) in [5.74, 6) is 0.236. The van der Waals surface area contributed by atoms with Gasteiger partial charge >= 0.3 is 0 Å². The fourth-order valence-electron chi connectivity index (χ4n) is 3.19. The van der Waals surface area contributed by atoms with Crippen molar-refractivity contribution in [2.24, 2.45) is 7.05 Å². The summed E-state index contributed by atoms with van der Waals surface area (Å²) in [5.41, 5.74) is 2.43. The van der Waals surface area contributed by atoms with Crippen LogP contribution in [-0.2, 0) is 11.8 Å². The Morgan fingerprint density at radius 2 is 2.24 bits per heavy atom. The molecule has 1 aliphatic rings. The molecule has 0 aliphatic carbocycles. The first kappa shape index (κ1) is 17.4. The van der Waals surface area contributed by atoms with Crippen molar-refractivity contribution in [3.8, 4) is 5.75 Å². The number of benzene rings is 1. The van der Waals surface area contributed by atoms with Crippen molar-refractivity contribution in [2.45, 2.75) is 19.9 Å². The van der Waals surface area contributed by atoms with Gasteiger partial charge in [-0.15, -0.1) is 0 Å². The Kier molecular flexibility index (Phi) is 5.03. The van der Waals surface area contributed by atoms with E-state index in [2.05, 4.69) is 10.4 Å². The van der Waals surface area contributed by atoms with E-state index in [-0.39, 0.29) is 24.4 Å². The summed E-state index contributed by atoms with van der Waals surface area (Å²) < 4.78 is 21.0. The Morgan fingerprint density at radius 3 is 2.92 bits per heavy atom. The minimum atomic E-state index is -0.298. The van der Waals surface area contributed by atoms with Gasteiger partial charge in [0.2, 0.25) is 0 Å². The van der Waals surface area contributed by atoms with E-state index in [0.29, 0.717) is 25.4 Å². The van der Waals surface area contributed by atoms with E-state index in [0.717, 1.165) is 17.0 Å².